The summed E-state index contributed by atoms with van der Waals surface area (Å²) in [7, 11) is 1.40. The molecule has 0 bridgehead atoms. The molecular weight excluding hydrogens is 373 g/mol. The van der Waals surface area contributed by atoms with Gasteiger partial charge in [-0.05, 0) is 34.7 Å². The van der Waals surface area contributed by atoms with E-state index < -0.39 is 0 Å². The van der Waals surface area contributed by atoms with Crippen LogP contribution in [0.2, 0.25) is 10.0 Å². The Kier molecular flexibility index (Phi) is 6.31. The van der Waals surface area contributed by atoms with Gasteiger partial charge in [0.25, 0.3) is 0 Å². The van der Waals surface area contributed by atoms with Gasteiger partial charge in [0.2, 0.25) is 0 Å². The molecule has 0 fully saturated rings. The lowest BCUT2D eigenvalue weighted by atomic mass is 10.1. The number of rotatable bonds is 5. The molecule has 2 unspecified atom stereocenters. The highest BCUT2D eigenvalue weighted by molar-refractivity contribution is 7.64. The molecule has 3 aromatic carbocycles. The lowest BCUT2D eigenvalue weighted by molar-refractivity contribution is 1.28. The second kappa shape index (κ2) is 8.46. The normalized spacial score (nSPS) is 13.1. The summed E-state index contributed by atoms with van der Waals surface area (Å²) in [5.41, 5.74) is 2.40. The lowest BCUT2D eigenvalue weighted by Crippen LogP contribution is -2.03. The van der Waals surface area contributed by atoms with Gasteiger partial charge in [-0.25, -0.2) is 0 Å². The quantitative estimate of drug-likeness (QED) is 0.447. The molecule has 0 spiro atoms. The Balaban J connectivity index is 1.97. The smallest absolute Gasteiger partial charge is 0.0624 e. The summed E-state index contributed by atoms with van der Waals surface area (Å²) in [6.07, 6.45) is 0. The zero-order valence-electron chi connectivity index (χ0n) is 13.3. The molecule has 3 rings (SSSR count). The Morgan fingerprint density at radius 2 is 1.21 bits per heavy atom. The first-order valence-corrected chi connectivity index (χ1v) is 10.6. The highest BCUT2D eigenvalue weighted by Gasteiger charge is 2.18. The van der Waals surface area contributed by atoms with Crippen molar-refractivity contribution in [2.24, 2.45) is 0 Å². The molecule has 0 N–H and O–H groups in total. The van der Waals surface area contributed by atoms with Crippen LogP contribution in [0, 0.1) is 6.92 Å². The molecule has 2 atom stereocenters. The van der Waals surface area contributed by atoms with Crippen LogP contribution in [0.4, 0.5) is 0 Å². The minimum Gasteiger partial charge on any atom is -0.0827 e. The topological polar surface area (TPSA) is 0 Å². The Morgan fingerprint density at radius 3 is 1.71 bits per heavy atom. The molecule has 3 aromatic rings. The third-order valence-electron chi connectivity index (χ3n) is 3.86. The highest BCUT2D eigenvalue weighted by Crippen LogP contribution is 2.49. The summed E-state index contributed by atoms with van der Waals surface area (Å²) >= 11 is 12.6. The SMILES string of the molecule is Cc1c(C(Pc2ccccc2)Pc2ccccc2)ccc(Cl)c1Cl. The first kappa shape index (κ1) is 17.9. The fraction of sp³-hybridized carbons (Fsp3) is 0.100. The van der Waals surface area contributed by atoms with Crippen LogP contribution in [-0.2, 0) is 0 Å². The van der Waals surface area contributed by atoms with Crippen molar-refractivity contribution in [1.82, 2.24) is 0 Å². The maximum absolute atomic E-state index is 6.41. The number of hydrogen-bond donors (Lipinski definition) is 0. The summed E-state index contributed by atoms with van der Waals surface area (Å²) < 4.78 is 0. The first-order valence-electron chi connectivity index (χ1n) is 7.73. The molecule has 24 heavy (non-hydrogen) atoms. The van der Waals surface area contributed by atoms with Crippen LogP contribution in [0.25, 0.3) is 0 Å². The highest BCUT2D eigenvalue weighted by atomic mass is 35.5. The van der Waals surface area contributed by atoms with E-state index in [0.29, 0.717) is 32.6 Å². The number of halogens is 2. The number of hydrogen-bond acceptors (Lipinski definition) is 0. The van der Waals surface area contributed by atoms with Crippen LogP contribution in [0.15, 0.2) is 72.8 Å². The molecule has 0 aliphatic rings. The molecule has 122 valence electrons. The third kappa shape index (κ3) is 4.38. The van der Waals surface area contributed by atoms with E-state index in [4.69, 9.17) is 23.2 Å². The standard InChI is InChI=1S/C20H18Cl2P2/c1-14-17(12-13-18(21)19(14)22)20(23-15-8-4-2-5-9-15)24-16-10-6-3-7-11-16/h2-13,20,23-24H,1H3. The van der Waals surface area contributed by atoms with Gasteiger partial charge in [-0.3, -0.25) is 0 Å². The van der Waals surface area contributed by atoms with Crippen molar-refractivity contribution in [3.63, 3.8) is 0 Å². The van der Waals surface area contributed by atoms with Gasteiger partial charge >= 0.3 is 0 Å². The Bertz CT molecular complexity index is 763. The van der Waals surface area contributed by atoms with Gasteiger partial charge in [-0.1, -0.05) is 107 Å². The molecular formula is C20H18Cl2P2. The van der Waals surface area contributed by atoms with Crippen LogP contribution in [-0.4, -0.2) is 0 Å². The minimum atomic E-state index is 0.421. The monoisotopic (exact) mass is 390 g/mol. The van der Waals surface area contributed by atoms with Crippen molar-refractivity contribution in [3.05, 3.63) is 94.0 Å². The van der Waals surface area contributed by atoms with E-state index in [-0.39, 0.29) is 0 Å². The average Bonchev–Trinajstić information content (AvgIpc) is 2.61. The molecule has 0 aliphatic heterocycles. The fourth-order valence-corrected chi connectivity index (χ4v) is 6.61. The van der Waals surface area contributed by atoms with Gasteiger partial charge in [0.15, 0.2) is 0 Å². The molecule has 0 aliphatic carbocycles. The van der Waals surface area contributed by atoms with Gasteiger partial charge < -0.3 is 0 Å². The molecule has 0 saturated heterocycles. The summed E-state index contributed by atoms with van der Waals surface area (Å²) in [5, 5.41) is 4.47. The molecule has 0 aromatic heterocycles. The van der Waals surface area contributed by atoms with Gasteiger partial charge in [-0.2, -0.15) is 0 Å². The van der Waals surface area contributed by atoms with Crippen LogP contribution in [0.5, 0.6) is 0 Å². The lowest BCUT2D eigenvalue weighted by Gasteiger charge is -2.21. The Hall–Kier alpha value is -0.900. The van der Waals surface area contributed by atoms with E-state index in [1.807, 2.05) is 6.07 Å². The second-order valence-corrected chi connectivity index (χ2v) is 9.78. The zero-order chi connectivity index (χ0) is 16.9. The maximum atomic E-state index is 6.41. The van der Waals surface area contributed by atoms with E-state index in [9.17, 15) is 0 Å². The predicted octanol–water partition coefficient (Wildman–Crippen LogP) is 6.31. The summed E-state index contributed by atoms with van der Waals surface area (Å²) in [6, 6.07) is 25.4. The van der Waals surface area contributed by atoms with E-state index in [2.05, 4.69) is 73.7 Å². The third-order valence-corrected chi connectivity index (χ3v) is 8.16. The molecule has 0 amide bonds. The van der Waals surface area contributed by atoms with Crippen LogP contribution in [0.3, 0.4) is 0 Å². The van der Waals surface area contributed by atoms with E-state index in [1.54, 1.807) is 0 Å². The summed E-state index contributed by atoms with van der Waals surface area (Å²) in [4.78, 5) is 0. The second-order valence-electron chi connectivity index (χ2n) is 5.53. The van der Waals surface area contributed by atoms with Crippen molar-refractivity contribution in [2.45, 2.75) is 12.3 Å². The maximum Gasteiger partial charge on any atom is 0.0624 e. The molecule has 4 heteroatoms. The van der Waals surface area contributed by atoms with E-state index >= 15 is 0 Å². The molecule has 0 radical (unpaired) electrons. The van der Waals surface area contributed by atoms with E-state index in [0.717, 1.165) is 5.56 Å². The Morgan fingerprint density at radius 1 is 0.708 bits per heavy atom. The molecule has 0 heterocycles. The van der Waals surface area contributed by atoms with Crippen molar-refractivity contribution >= 4 is 51.0 Å². The van der Waals surface area contributed by atoms with Crippen molar-refractivity contribution in [2.75, 3.05) is 0 Å². The first-order chi connectivity index (χ1) is 11.6. The van der Waals surface area contributed by atoms with E-state index in [1.165, 1.54) is 16.2 Å². The van der Waals surface area contributed by atoms with Crippen molar-refractivity contribution in [1.29, 1.82) is 0 Å². The van der Waals surface area contributed by atoms with Crippen molar-refractivity contribution in [3.8, 4) is 0 Å². The fourth-order valence-electron chi connectivity index (χ4n) is 2.57. The van der Waals surface area contributed by atoms with Gasteiger partial charge in [0.1, 0.15) is 0 Å². The average molecular weight is 391 g/mol. The predicted molar refractivity (Wildman–Crippen MR) is 113 cm³/mol. The van der Waals surface area contributed by atoms with Crippen LogP contribution < -0.4 is 10.6 Å². The Labute approximate surface area is 157 Å². The van der Waals surface area contributed by atoms with Crippen LogP contribution in [0.1, 0.15) is 16.5 Å². The molecule has 0 nitrogen and oxygen atoms in total. The summed E-state index contributed by atoms with van der Waals surface area (Å²) in [6.45, 7) is 2.07. The van der Waals surface area contributed by atoms with Gasteiger partial charge in [-0.15, -0.1) is 0 Å². The molecule has 0 saturated carbocycles. The zero-order valence-corrected chi connectivity index (χ0v) is 16.8. The summed E-state index contributed by atoms with van der Waals surface area (Å²) in [5.74, 6) is 0. The van der Waals surface area contributed by atoms with Gasteiger partial charge in [0.05, 0.1) is 10.0 Å². The largest absolute Gasteiger partial charge is 0.0827 e. The minimum absolute atomic E-state index is 0.421. The van der Waals surface area contributed by atoms with Gasteiger partial charge in [0, 0.05) is 5.40 Å². The van der Waals surface area contributed by atoms with Crippen LogP contribution >= 0.6 is 40.4 Å². The van der Waals surface area contributed by atoms with Crippen molar-refractivity contribution < 1.29 is 0 Å². The number of benzene rings is 3.